The third-order valence-electron chi connectivity index (χ3n) is 5.78. The van der Waals surface area contributed by atoms with Crippen molar-refractivity contribution in [3.05, 3.63) is 47.9 Å². The molecule has 0 aliphatic carbocycles. The number of hydrogen-bond acceptors (Lipinski definition) is 6. The number of hydrogen-bond donors (Lipinski definition) is 3. The third kappa shape index (κ3) is 9.96. The predicted octanol–water partition coefficient (Wildman–Crippen LogP) is 3.78. The minimum absolute atomic E-state index is 0.154. The van der Waals surface area contributed by atoms with Gasteiger partial charge in [-0.05, 0) is 49.7 Å². The van der Waals surface area contributed by atoms with Crippen LogP contribution in [0.4, 0.5) is 23.7 Å². The van der Waals surface area contributed by atoms with Crippen molar-refractivity contribution >= 4 is 17.6 Å². The molecule has 9 nitrogen and oxygen atoms in total. The fourth-order valence-corrected chi connectivity index (χ4v) is 3.92. The summed E-state index contributed by atoms with van der Waals surface area (Å²) in [6.45, 7) is 7.47. The molecule has 1 saturated heterocycles. The molecule has 0 saturated carbocycles. The smallest absolute Gasteiger partial charge is 0.406 e. The quantitative estimate of drug-likeness (QED) is 0.381. The summed E-state index contributed by atoms with van der Waals surface area (Å²) in [4.78, 5) is 29.4. The number of ether oxygens (including phenoxy) is 2. The molecule has 0 atom stereocenters. The number of unbranched alkanes of at least 4 members (excludes halogenated alkanes) is 1. The lowest BCUT2D eigenvalue weighted by atomic mass is 10.1. The zero-order valence-corrected chi connectivity index (χ0v) is 20.9. The van der Waals surface area contributed by atoms with E-state index < -0.39 is 12.4 Å². The molecule has 204 valence electrons. The minimum atomic E-state index is -4.78. The first-order valence-electron chi connectivity index (χ1n) is 12.4. The van der Waals surface area contributed by atoms with Gasteiger partial charge in [0.2, 0.25) is 0 Å². The molecule has 3 amide bonds. The maximum atomic E-state index is 12.8. The average Bonchev–Trinajstić information content (AvgIpc) is 2.86. The number of morpholine rings is 1. The zero-order valence-electron chi connectivity index (χ0n) is 20.9. The molecule has 0 unspecified atom stereocenters. The van der Waals surface area contributed by atoms with Crippen LogP contribution in [0.1, 0.15) is 32.6 Å². The standard InChI is InChI=1S/C25H34F3N5O4/c1-2-3-13-33-18-20(31-24(35)30-19-5-8-21(9-6-19)37-25(26,27)28)7-10-22(33)23(34)29-11-4-12-32-14-16-36-17-15-32/h5-6,8-10,18H,2-4,7,11-17H2,1H3,(H,29,34)(H2,30,31,35). The molecule has 0 radical (unpaired) electrons. The van der Waals surface area contributed by atoms with Crippen molar-refractivity contribution in [2.75, 3.05) is 51.3 Å². The van der Waals surface area contributed by atoms with Gasteiger partial charge in [-0.25, -0.2) is 4.79 Å². The van der Waals surface area contributed by atoms with Crippen LogP contribution in [-0.2, 0) is 9.53 Å². The minimum Gasteiger partial charge on any atom is -0.406 e. The molecule has 37 heavy (non-hydrogen) atoms. The summed E-state index contributed by atoms with van der Waals surface area (Å²) in [5, 5.41) is 8.30. The number of anilines is 1. The average molecular weight is 526 g/mol. The van der Waals surface area contributed by atoms with Gasteiger partial charge in [0.1, 0.15) is 11.4 Å². The van der Waals surface area contributed by atoms with E-state index in [1.165, 1.54) is 12.1 Å². The van der Waals surface area contributed by atoms with E-state index in [9.17, 15) is 22.8 Å². The molecule has 12 heteroatoms. The van der Waals surface area contributed by atoms with Crippen LogP contribution in [-0.4, -0.2) is 74.0 Å². The van der Waals surface area contributed by atoms with Gasteiger partial charge in [0.15, 0.2) is 0 Å². The van der Waals surface area contributed by atoms with Crippen molar-refractivity contribution < 1.29 is 32.2 Å². The van der Waals surface area contributed by atoms with E-state index in [4.69, 9.17) is 4.74 Å². The summed E-state index contributed by atoms with van der Waals surface area (Å²) in [7, 11) is 0. The SMILES string of the molecule is CCCCN1C=C(NC(=O)Nc2ccc(OC(F)(F)F)cc2)CC=C1C(=O)NCCCN1CCOCC1. The van der Waals surface area contributed by atoms with E-state index in [1.807, 2.05) is 4.90 Å². The number of allylic oxidation sites excluding steroid dienone is 1. The Morgan fingerprint density at radius 3 is 2.46 bits per heavy atom. The molecule has 0 bridgehead atoms. The van der Waals surface area contributed by atoms with E-state index in [2.05, 4.69) is 32.5 Å². The van der Waals surface area contributed by atoms with Crippen LogP contribution < -0.4 is 20.7 Å². The molecule has 0 aromatic heterocycles. The van der Waals surface area contributed by atoms with Crippen molar-refractivity contribution in [3.63, 3.8) is 0 Å². The topological polar surface area (TPSA) is 95.2 Å². The second kappa shape index (κ2) is 13.9. The van der Waals surface area contributed by atoms with E-state index in [0.29, 0.717) is 36.6 Å². The van der Waals surface area contributed by atoms with Crippen molar-refractivity contribution in [2.45, 2.75) is 39.0 Å². The number of amides is 3. The fourth-order valence-electron chi connectivity index (χ4n) is 3.92. The number of halogens is 3. The van der Waals surface area contributed by atoms with E-state index in [0.717, 1.165) is 64.2 Å². The summed E-state index contributed by atoms with van der Waals surface area (Å²) in [6.07, 6.45) is 1.75. The van der Waals surface area contributed by atoms with Gasteiger partial charge in [-0.3, -0.25) is 9.69 Å². The van der Waals surface area contributed by atoms with Crippen molar-refractivity contribution in [3.8, 4) is 5.75 Å². The highest BCUT2D eigenvalue weighted by atomic mass is 19.4. The Kier molecular flexibility index (Phi) is 10.6. The Balaban J connectivity index is 1.49. The van der Waals surface area contributed by atoms with Crippen LogP contribution in [0.15, 0.2) is 47.9 Å². The number of nitrogens with one attached hydrogen (secondary N) is 3. The Hall–Kier alpha value is -3.25. The molecule has 1 aromatic carbocycles. The monoisotopic (exact) mass is 525 g/mol. The largest absolute Gasteiger partial charge is 0.573 e. The summed E-state index contributed by atoms with van der Waals surface area (Å²) in [5.74, 6) is -0.531. The van der Waals surface area contributed by atoms with E-state index in [1.54, 1.807) is 12.3 Å². The van der Waals surface area contributed by atoms with Crippen LogP contribution in [0.2, 0.25) is 0 Å². The number of carbonyl (C=O) groups is 2. The van der Waals surface area contributed by atoms with Crippen molar-refractivity contribution in [1.82, 2.24) is 20.4 Å². The highest BCUT2D eigenvalue weighted by molar-refractivity contribution is 5.94. The third-order valence-corrected chi connectivity index (χ3v) is 5.78. The van der Waals surface area contributed by atoms with Gasteiger partial charge in [0, 0.05) is 50.2 Å². The van der Waals surface area contributed by atoms with Gasteiger partial charge in [-0.1, -0.05) is 13.3 Å². The molecule has 2 heterocycles. The second-order valence-corrected chi connectivity index (χ2v) is 8.71. The maximum absolute atomic E-state index is 12.8. The van der Waals surface area contributed by atoms with Gasteiger partial charge >= 0.3 is 12.4 Å². The van der Waals surface area contributed by atoms with Crippen molar-refractivity contribution in [2.24, 2.45) is 0 Å². The Morgan fingerprint density at radius 1 is 1.05 bits per heavy atom. The van der Waals surface area contributed by atoms with Gasteiger partial charge < -0.3 is 30.3 Å². The molecule has 3 N–H and O–H groups in total. The number of benzene rings is 1. The van der Waals surface area contributed by atoms with Gasteiger partial charge in [-0.2, -0.15) is 0 Å². The Bertz CT molecular complexity index is 960. The fraction of sp³-hybridized carbons (Fsp3) is 0.520. The zero-order chi connectivity index (χ0) is 26.7. The maximum Gasteiger partial charge on any atom is 0.573 e. The molecule has 2 aliphatic rings. The molecule has 2 aliphatic heterocycles. The molecule has 0 spiro atoms. The summed E-state index contributed by atoms with van der Waals surface area (Å²) in [5.41, 5.74) is 1.44. The predicted molar refractivity (Wildman–Crippen MR) is 133 cm³/mol. The van der Waals surface area contributed by atoms with Gasteiger partial charge in [0.05, 0.1) is 13.2 Å². The summed E-state index contributed by atoms with van der Waals surface area (Å²) < 4.78 is 46.1. The van der Waals surface area contributed by atoms with Crippen LogP contribution >= 0.6 is 0 Å². The number of rotatable bonds is 11. The van der Waals surface area contributed by atoms with E-state index >= 15 is 0 Å². The normalized spacial score (nSPS) is 16.5. The number of nitrogens with zero attached hydrogens (tertiary/aromatic N) is 2. The molecular weight excluding hydrogens is 491 g/mol. The summed E-state index contributed by atoms with van der Waals surface area (Å²) >= 11 is 0. The lowest BCUT2D eigenvalue weighted by Crippen LogP contribution is -2.39. The first-order valence-corrected chi connectivity index (χ1v) is 12.4. The number of carbonyl (C=O) groups excluding carboxylic acids is 2. The molecule has 1 aromatic rings. The number of urea groups is 1. The highest BCUT2D eigenvalue weighted by Gasteiger charge is 2.31. The second-order valence-electron chi connectivity index (χ2n) is 8.71. The number of alkyl halides is 3. The van der Waals surface area contributed by atoms with Crippen LogP contribution in [0, 0.1) is 0 Å². The van der Waals surface area contributed by atoms with Crippen LogP contribution in [0.3, 0.4) is 0 Å². The van der Waals surface area contributed by atoms with Gasteiger partial charge in [-0.15, -0.1) is 13.2 Å². The molecular formula is C25H34F3N5O4. The molecule has 3 rings (SSSR count). The lowest BCUT2D eigenvalue weighted by molar-refractivity contribution is -0.274. The highest BCUT2D eigenvalue weighted by Crippen LogP contribution is 2.24. The first kappa shape index (κ1) is 28.3. The van der Waals surface area contributed by atoms with Crippen LogP contribution in [0.25, 0.3) is 0 Å². The Morgan fingerprint density at radius 2 is 1.78 bits per heavy atom. The summed E-state index contributed by atoms with van der Waals surface area (Å²) in [6, 6.07) is 4.31. The van der Waals surface area contributed by atoms with Gasteiger partial charge in [0.25, 0.3) is 5.91 Å². The van der Waals surface area contributed by atoms with E-state index in [-0.39, 0.29) is 11.7 Å². The lowest BCUT2D eigenvalue weighted by Gasteiger charge is -2.28. The van der Waals surface area contributed by atoms with Crippen LogP contribution in [0.5, 0.6) is 5.75 Å². The Labute approximate surface area is 214 Å². The van der Waals surface area contributed by atoms with Crippen molar-refractivity contribution in [1.29, 1.82) is 0 Å². The molecule has 1 fully saturated rings. The first-order chi connectivity index (χ1) is 17.7.